The Morgan fingerprint density at radius 3 is 2.55 bits per heavy atom. The Bertz CT molecular complexity index is 771. The van der Waals surface area contributed by atoms with Crippen molar-refractivity contribution < 1.29 is 9.21 Å². The third-order valence-corrected chi connectivity index (χ3v) is 3.68. The van der Waals surface area contributed by atoms with Gasteiger partial charge in [-0.1, -0.05) is 34.8 Å². The molecule has 0 aliphatic heterocycles. The zero-order valence-corrected chi connectivity index (χ0v) is 14.0. The molecule has 1 heterocycles. The van der Waals surface area contributed by atoms with Gasteiger partial charge in [-0.3, -0.25) is 10.1 Å². The van der Waals surface area contributed by atoms with Crippen molar-refractivity contribution in [3.63, 3.8) is 0 Å². The van der Waals surface area contributed by atoms with Crippen molar-refractivity contribution in [1.82, 2.24) is 5.32 Å². The van der Waals surface area contributed by atoms with Crippen LogP contribution in [0.5, 0.6) is 0 Å². The van der Waals surface area contributed by atoms with Crippen LogP contribution >= 0.6 is 47.0 Å². The first-order chi connectivity index (χ1) is 10.4. The van der Waals surface area contributed by atoms with Gasteiger partial charge >= 0.3 is 0 Å². The summed E-state index contributed by atoms with van der Waals surface area (Å²) in [6.07, 6.45) is 2.72. The van der Waals surface area contributed by atoms with E-state index in [0.29, 0.717) is 32.2 Å². The molecule has 1 aromatic carbocycles. The van der Waals surface area contributed by atoms with Crippen molar-refractivity contribution in [2.75, 3.05) is 0 Å². The predicted octanol–water partition coefficient (Wildman–Crippen LogP) is 4.28. The first-order valence-electron chi connectivity index (χ1n) is 5.90. The molecule has 0 saturated heterocycles. The molecule has 1 amide bonds. The van der Waals surface area contributed by atoms with E-state index in [1.54, 1.807) is 18.2 Å². The topological polar surface area (TPSA) is 68.3 Å². The molecule has 22 heavy (non-hydrogen) atoms. The minimum Gasteiger partial charge on any atom is -0.457 e. The van der Waals surface area contributed by atoms with E-state index in [1.165, 1.54) is 18.2 Å². The first kappa shape index (κ1) is 16.8. The summed E-state index contributed by atoms with van der Waals surface area (Å²) < 4.78 is 5.58. The van der Waals surface area contributed by atoms with Gasteiger partial charge < -0.3 is 10.2 Å². The largest absolute Gasteiger partial charge is 0.457 e. The van der Waals surface area contributed by atoms with E-state index in [-0.39, 0.29) is 5.11 Å². The molecule has 1 aromatic heterocycles. The van der Waals surface area contributed by atoms with Gasteiger partial charge in [0.2, 0.25) is 5.91 Å². The highest BCUT2D eigenvalue weighted by atomic mass is 35.5. The third-order valence-electron chi connectivity index (χ3n) is 2.55. The van der Waals surface area contributed by atoms with E-state index in [1.807, 2.05) is 0 Å². The summed E-state index contributed by atoms with van der Waals surface area (Å²) in [5.41, 5.74) is 5.79. The fourth-order valence-electron chi connectivity index (χ4n) is 1.62. The molecule has 0 saturated carbocycles. The zero-order chi connectivity index (χ0) is 16.3. The number of carbonyl (C=O) groups excluding carboxylic acids is 1. The van der Waals surface area contributed by atoms with Crippen LogP contribution in [-0.2, 0) is 4.79 Å². The Kier molecular flexibility index (Phi) is 5.47. The molecular formula is C14H9Cl3N2O2S. The Morgan fingerprint density at radius 1 is 1.18 bits per heavy atom. The van der Waals surface area contributed by atoms with E-state index in [9.17, 15) is 4.79 Å². The minimum atomic E-state index is -0.446. The molecule has 0 spiro atoms. The molecule has 0 fully saturated rings. The summed E-state index contributed by atoms with van der Waals surface area (Å²) in [6.45, 7) is 0. The number of thiocarbonyl (C=S) groups is 1. The Labute approximate surface area is 146 Å². The van der Waals surface area contributed by atoms with E-state index >= 15 is 0 Å². The highest BCUT2D eigenvalue weighted by Gasteiger charge is 2.11. The van der Waals surface area contributed by atoms with Crippen molar-refractivity contribution in [1.29, 1.82) is 0 Å². The van der Waals surface area contributed by atoms with Crippen LogP contribution in [0, 0.1) is 0 Å². The minimum absolute atomic E-state index is 0.0997. The molecule has 4 nitrogen and oxygen atoms in total. The van der Waals surface area contributed by atoms with Crippen LogP contribution in [0.1, 0.15) is 5.76 Å². The molecule has 2 aromatic rings. The number of rotatable bonds is 3. The number of carbonyl (C=O) groups is 1. The lowest BCUT2D eigenvalue weighted by Crippen LogP contribution is -2.33. The average Bonchev–Trinajstić information content (AvgIpc) is 2.88. The Hall–Kier alpha value is -1.53. The standard InChI is InChI=1S/C14H9Cl3N2O2S/c15-9-6-11(17)10(16)5-8(9)12-3-1-7(21-12)2-4-13(20)19-14(18)22/h1-6H,(H3,18,19,20,22)/b4-2+. The van der Waals surface area contributed by atoms with Gasteiger partial charge in [0.15, 0.2) is 5.11 Å². The first-order valence-corrected chi connectivity index (χ1v) is 7.44. The number of benzene rings is 1. The van der Waals surface area contributed by atoms with Gasteiger partial charge in [0.25, 0.3) is 0 Å². The van der Waals surface area contributed by atoms with Gasteiger partial charge in [-0.15, -0.1) is 0 Å². The number of nitrogens with two attached hydrogens (primary N) is 1. The van der Waals surface area contributed by atoms with Gasteiger partial charge in [-0.05, 0) is 42.6 Å². The molecule has 0 aliphatic rings. The van der Waals surface area contributed by atoms with Crippen LogP contribution in [0.2, 0.25) is 15.1 Å². The number of furan rings is 1. The van der Waals surface area contributed by atoms with Crippen LogP contribution < -0.4 is 11.1 Å². The van der Waals surface area contributed by atoms with Crippen LogP contribution in [0.25, 0.3) is 17.4 Å². The molecule has 0 atom stereocenters. The van der Waals surface area contributed by atoms with E-state index in [4.69, 9.17) is 45.0 Å². The smallest absolute Gasteiger partial charge is 0.250 e. The Balaban J connectivity index is 2.22. The molecule has 8 heteroatoms. The molecule has 0 bridgehead atoms. The van der Waals surface area contributed by atoms with Crippen molar-refractivity contribution >= 4 is 64.1 Å². The van der Waals surface area contributed by atoms with E-state index in [0.717, 1.165) is 0 Å². The number of nitrogens with one attached hydrogen (secondary N) is 1. The molecule has 0 aliphatic carbocycles. The number of hydrogen-bond acceptors (Lipinski definition) is 3. The SMILES string of the molecule is NC(=S)NC(=O)/C=C/c1ccc(-c2cc(Cl)c(Cl)cc2Cl)o1. The van der Waals surface area contributed by atoms with Gasteiger partial charge in [0, 0.05) is 11.6 Å². The maximum Gasteiger partial charge on any atom is 0.250 e. The lowest BCUT2D eigenvalue weighted by Gasteiger charge is -2.03. The molecular weight excluding hydrogens is 367 g/mol. The van der Waals surface area contributed by atoms with Gasteiger partial charge in [0.1, 0.15) is 11.5 Å². The molecule has 2 rings (SSSR count). The second-order valence-corrected chi connectivity index (χ2v) is 5.80. The monoisotopic (exact) mass is 374 g/mol. The number of amides is 1. The van der Waals surface area contributed by atoms with Gasteiger partial charge in [-0.2, -0.15) is 0 Å². The fourth-order valence-corrected chi connectivity index (χ4v) is 2.36. The zero-order valence-electron chi connectivity index (χ0n) is 10.9. The summed E-state index contributed by atoms with van der Waals surface area (Å²) in [5, 5.41) is 3.30. The molecule has 114 valence electrons. The quantitative estimate of drug-likeness (QED) is 0.477. The highest BCUT2D eigenvalue weighted by molar-refractivity contribution is 7.80. The van der Waals surface area contributed by atoms with Crippen molar-refractivity contribution in [2.45, 2.75) is 0 Å². The van der Waals surface area contributed by atoms with Gasteiger partial charge in [-0.25, -0.2) is 0 Å². The normalized spacial score (nSPS) is 10.9. The second kappa shape index (κ2) is 7.15. The van der Waals surface area contributed by atoms with Crippen LogP contribution in [0.3, 0.4) is 0 Å². The number of halogens is 3. The lowest BCUT2D eigenvalue weighted by molar-refractivity contribution is -0.115. The Morgan fingerprint density at radius 2 is 1.86 bits per heavy atom. The summed E-state index contributed by atoms with van der Waals surface area (Å²) >= 11 is 22.5. The van der Waals surface area contributed by atoms with Crippen LogP contribution in [0.15, 0.2) is 34.8 Å². The maximum absolute atomic E-state index is 11.4. The fraction of sp³-hybridized carbons (Fsp3) is 0. The predicted molar refractivity (Wildman–Crippen MR) is 93.1 cm³/mol. The third kappa shape index (κ3) is 4.24. The summed E-state index contributed by atoms with van der Waals surface area (Å²) in [4.78, 5) is 11.4. The summed E-state index contributed by atoms with van der Waals surface area (Å²) in [5.74, 6) is 0.506. The van der Waals surface area contributed by atoms with E-state index in [2.05, 4.69) is 17.5 Å². The van der Waals surface area contributed by atoms with Crippen molar-refractivity contribution in [3.05, 3.63) is 51.2 Å². The van der Waals surface area contributed by atoms with E-state index < -0.39 is 5.91 Å². The van der Waals surface area contributed by atoms with Crippen molar-refractivity contribution in [2.24, 2.45) is 5.73 Å². The van der Waals surface area contributed by atoms with Crippen molar-refractivity contribution in [3.8, 4) is 11.3 Å². The summed E-state index contributed by atoms with van der Waals surface area (Å²) in [6, 6.07) is 6.53. The van der Waals surface area contributed by atoms with Crippen LogP contribution in [-0.4, -0.2) is 11.0 Å². The summed E-state index contributed by atoms with van der Waals surface area (Å²) in [7, 11) is 0. The molecule has 3 N–H and O–H groups in total. The second-order valence-electron chi connectivity index (χ2n) is 4.14. The molecule has 0 radical (unpaired) electrons. The van der Waals surface area contributed by atoms with Gasteiger partial charge in [0.05, 0.1) is 15.1 Å². The van der Waals surface area contributed by atoms with Crippen LogP contribution in [0.4, 0.5) is 0 Å². The number of hydrogen-bond donors (Lipinski definition) is 2. The highest BCUT2D eigenvalue weighted by Crippen LogP contribution is 2.36. The molecule has 0 unspecified atom stereocenters. The average molecular weight is 376 g/mol. The maximum atomic E-state index is 11.4. The lowest BCUT2D eigenvalue weighted by atomic mass is 10.2.